The average molecular weight is 273 g/mol. The summed E-state index contributed by atoms with van der Waals surface area (Å²) in [6.07, 6.45) is 0. The molecule has 0 radical (unpaired) electrons. The van der Waals surface area contributed by atoms with Gasteiger partial charge < -0.3 is 10.0 Å². The van der Waals surface area contributed by atoms with Crippen LogP contribution in [0.25, 0.3) is 0 Å². The fourth-order valence-corrected chi connectivity index (χ4v) is 2.03. The van der Waals surface area contributed by atoms with E-state index in [9.17, 15) is 14.3 Å². The molecule has 20 heavy (non-hydrogen) atoms. The van der Waals surface area contributed by atoms with Crippen LogP contribution in [0.3, 0.4) is 0 Å². The molecule has 1 N–H and O–H groups in total. The molecule has 0 fully saturated rings. The van der Waals surface area contributed by atoms with Gasteiger partial charge in [-0.05, 0) is 38.1 Å². The van der Waals surface area contributed by atoms with Crippen molar-refractivity contribution in [3.8, 4) is 5.75 Å². The Balaban J connectivity index is 2.42. The molecule has 0 saturated heterocycles. The number of phenolic OH excluding ortho intramolecular Hbond substituents is 1. The summed E-state index contributed by atoms with van der Waals surface area (Å²) in [4.78, 5) is 13.9. The van der Waals surface area contributed by atoms with Crippen molar-refractivity contribution in [3.63, 3.8) is 0 Å². The number of nitrogens with zero attached hydrogens (tertiary/aromatic N) is 1. The highest BCUT2D eigenvalue weighted by molar-refractivity contribution is 6.08. The van der Waals surface area contributed by atoms with Crippen LogP contribution in [0.1, 0.15) is 22.8 Å². The lowest BCUT2D eigenvalue weighted by atomic mass is 10.1. The minimum Gasteiger partial charge on any atom is -0.507 e. The number of benzene rings is 2. The maximum Gasteiger partial charge on any atom is 0.265 e. The molecule has 2 rings (SSSR count). The SMILES string of the molecule is CCN(C(=O)c1c(O)cccc1F)c1ccc(C)cc1. The highest BCUT2D eigenvalue weighted by Gasteiger charge is 2.22. The van der Waals surface area contributed by atoms with E-state index < -0.39 is 11.7 Å². The number of aryl methyl sites for hydroxylation is 1. The monoisotopic (exact) mass is 273 g/mol. The highest BCUT2D eigenvalue weighted by Crippen LogP contribution is 2.25. The summed E-state index contributed by atoms with van der Waals surface area (Å²) >= 11 is 0. The molecule has 2 aromatic carbocycles. The van der Waals surface area contributed by atoms with E-state index in [0.717, 1.165) is 11.6 Å². The van der Waals surface area contributed by atoms with Gasteiger partial charge in [-0.25, -0.2) is 4.39 Å². The zero-order valence-corrected chi connectivity index (χ0v) is 11.4. The van der Waals surface area contributed by atoms with Gasteiger partial charge in [0.15, 0.2) is 0 Å². The second-order valence-corrected chi connectivity index (χ2v) is 4.52. The Morgan fingerprint density at radius 3 is 2.40 bits per heavy atom. The van der Waals surface area contributed by atoms with Crippen molar-refractivity contribution < 1.29 is 14.3 Å². The summed E-state index contributed by atoms with van der Waals surface area (Å²) in [5.74, 6) is -1.62. The second kappa shape index (κ2) is 5.74. The van der Waals surface area contributed by atoms with Gasteiger partial charge in [-0.1, -0.05) is 23.8 Å². The van der Waals surface area contributed by atoms with Crippen LogP contribution in [0.5, 0.6) is 5.75 Å². The van der Waals surface area contributed by atoms with Crippen molar-refractivity contribution in [1.82, 2.24) is 0 Å². The minimum atomic E-state index is -0.722. The quantitative estimate of drug-likeness (QED) is 0.929. The third kappa shape index (κ3) is 2.64. The topological polar surface area (TPSA) is 40.5 Å². The molecule has 0 aromatic heterocycles. The summed E-state index contributed by atoms with van der Waals surface area (Å²) in [6, 6.07) is 11.2. The van der Waals surface area contributed by atoms with Gasteiger partial charge in [-0.15, -0.1) is 0 Å². The van der Waals surface area contributed by atoms with Crippen LogP contribution >= 0.6 is 0 Å². The number of rotatable bonds is 3. The van der Waals surface area contributed by atoms with Crippen molar-refractivity contribution >= 4 is 11.6 Å². The molecule has 0 aliphatic heterocycles. The van der Waals surface area contributed by atoms with E-state index in [-0.39, 0.29) is 11.3 Å². The molecular formula is C16H16FNO2. The van der Waals surface area contributed by atoms with Crippen LogP contribution in [0, 0.1) is 12.7 Å². The van der Waals surface area contributed by atoms with Crippen LogP contribution in [-0.2, 0) is 0 Å². The molecule has 0 heterocycles. The van der Waals surface area contributed by atoms with E-state index in [1.54, 1.807) is 19.1 Å². The first-order chi connectivity index (χ1) is 9.54. The number of aromatic hydroxyl groups is 1. The van der Waals surface area contributed by atoms with Gasteiger partial charge >= 0.3 is 0 Å². The second-order valence-electron chi connectivity index (χ2n) is 4.52. The van der Waals surface area contributed by atoms with Crippen LogP contribution in [-0.4, -0.2) is 17.6 Å². The van der Waals surface area contributed by atoms with Crippen molar-refractivity contribution in [2.45, 2.75) is 13.8 Å². The summed E-state index contributed by atoms with van der Waals surface area (Å²) < 4.78 is 13.8. The van der Waals surface area contributed by atoms with Crippen LogP contribution < -0.4 is 4.90 Å². The van der Waals surface area contributed by atoms with Crippen molar-refractivity contribution in [1.29, 1.82) is 0 Å². The third-order valence-electron chi connectivity index (χ3n) is 3.11. The zero-order chi connectivity index (χ0) is 14.7. The maximum absolute atomic E-state index is 13.8. The fraction of sp³-hybridized carbons (Fsp3) is 0.188. The number of amides is 1. The Morgan fingerprint density at radius 1 is 1.20 bits per heavy atom. The van der Waals surface area contributed by atoms with Gasteiger partial charge in [0, 0.05) is 12.2 Å². The van der Waals surface area contributed by atoms with Gasteiger partial charge in [-0.2, -0.15) is 0 Å². The summed E-state index contributed by atoms with van der Waals surface area (Å²) in [5, 5.41) is 9.71. The largest absolute Gasteiger partial charge is 0.507 e. The molecule has 0 aliphatic rings. The standard InChI is InChI=1S/C16H16FNO2/c1-3-18(12-9-7-11(2)8-10-12)16(20)15-13(17)5-4-6-14(15)19/h4-10,19H,3H2,1-2H3. The summed E-state index contributed by atoms with van der Waals surface area (Å²) in [7, 11) is 0. The van der Waals surface area contributed by atoms with Crippen LogP contribution in [0.2, 0.25) is 0 Å². The highest BCUT2D eigenvalue weighted by atomic mass is 19.1. The van der Waals surface area contributed by atoms with Gasteiger partial charge in [0.05, 0.1) is 0 Å². The molecular weight excluding hydrogens is 257 g/mol. The predicted molar refractivity (Wildman–Crippen MR) is 76.6 cm³/mol. The number of carbonyl (C=O) groups excluding carboxylic acids is 1. The molecule has 3 nitrogen and oxygen atoms in total. The van der Waals surface area contributed by atoms with E-state index >= 15 is 0 Å². The average Bonchev–Trinajstić information content (AvgIpc) is 2.41. The lowest BCUT2D eigenvalue weighted by Gasteiger charge is -2.22. The molecule has 0 unspecified atom stereocenters. The van der Waals surface area contributed by atoms with Crippen molar-refractivity contribution in [2.24, 2.45) is 0 Å². The predicted octanol–water partition coefficient (Wildman–Crippen LogP) is 3.51. The lowest BCUT2D eigenvalue weighted by Crippen LogP contribution is -2.31. The van der Waals surface area contributed by atoms with Crippen molar-refractivity contribution in [3.05, 3.63) is 59.4 Å². The number of phenols is 1. The fourth-order valence-electron chi connectivity index (χ4n) is 2.03. The Hall–Kier alpha value is -2.36. The number of halogens is 1. The summed E-state index contributed by atoms with van der Waals surface area (Å²) in [6.45, 7) is 4.13. The normalized spacial score (nSPS) is 10.3. The van der Waals surface area contributed by atoms with E-state index in [1.807, 2.05) is 19.1 Å². The van der Waals surface area contributed by atoms with Crippen LogP contribution in [0.15, 0.2) is 42.5 Å². The maximum atomic E-state index is 13.8. The Morgan fingerprint density at radius 2 is 1.85 bits per heavy atom. The summed E-state index contributed by atoms with van der Waals surface area (Å²) in [5.41, 5.74) is 1.45. The number of carbonyl (C=O) groups is 1. The zero-order valence-electron chi connectivity index (χ0n) is 11.4. The number of anilines is 1. The Bertz CT molecular complexity index is 603. The Labute approximate surface area is 117 Å². The third-order valence-corrected chi connectivity index (χ3v) is 3.11. The van der Waals surface area contributed by atoms with Crippen LogP contribution in [0.4, 0.5) is 10.1 Å². The van der Waals surface area contributed by atoms with Gasteiger partial charge in [-0.3, -0.25) is 4.79 Å². The van der Waals surface area contributed by atoms with Gasteiger partial charge in [0.1, 0.15) is 17.1 Å². The molecule has 2 aromatic rings. The smallest absolute Gasteiger partial charge is 0.265 e. The molecule has 104 valence electrons. The molecule has 0 aliphatic carbocycles. The van der Waals surface area contributed by atoms with E-state index in [0.29, 0.717) is 12.2 Å². The first-order valence-corrected chi connectivity index (χ1v) is 6.40. The van der Waals surface area contributed by atoms with Gasteiger partial charge in [0.2, 0.25) is 0 Å². The molecule has 0 atom stereocenters. The van der Waals surface area contributed by atoms with Gasteiger partial charge in [0.25, 0.3) is 5.91 Å². The minimum absolute atomic E-state index is 0.296. The molecule has 0 spiro atoms. The van der Waals surface area contributed by atoms with E-state index in [4.69, 9.17) is 0 Å². The first kappa shape index (κ1) is 14.1. The Kier molecular flexibility index (Phi) is 4.03. The van der Waals surface area contributed by atoms with E-state index in [1.165, 1.54) is 17.0 Å². The molecule has 0 bridgehead atoms. The lowest BCUT2D eigenvalue weighted by molar-refractivity contribution is 0.0981. The first-order valence-electron chi connectivity index (χ1n) is 6.40. The number of hydrogen-bond donors (Lipinski definition) is 1. The molecule has 4 heteroatoms. The molecule has 0 saturated carbocycles. The van der Waals surface area contributed by atoms with E-state index in [2.05, 4.69) is 0 Å². The number of hydrogen-bond acceptors (Lipinski definition) is 2. The van der Waals surface area contributed by atoms with Crippen molar-refractivity contribution in [2.75, 3.05) is 11.4 Å². The molecule has 1 amide bonds.